The molecule has 424 valence electrons. The number of hydrogen-bond acceptors (Lipinski definition) is 15. The summed E-state index contributed by atoms with van der Waals surface area (Å²) in [6.07, 6.45) is 12.6. The highest BCUT2D eigenvalue weighted by Gasteiger charge is 2.35. The summed E-state index contributed by atoms with van der Waals surface area (Å²) >= 11 is 3.58. The van der Waals surface area contributed by atoms with Crippen LogP contribution in [-0.4, -0.2) is 129 Å². The Hall–Kier alpha value is -6.06. The number of nitrogen functional groups attached to an aromatic ring is 2. The van der Waals surface area contributed by atoms with Crippen molar-refractivity contribution in [2.75, 3.05) is 82.5 Å². The zero-order chi connectivity index (χ0) is 56.2. The first-order valence-corrected chi connectivity index (χ1v) is 29.7. The number of aryl methyl sites for hydroxylation is 2. The molecule has 2 aromatic carbocycles. The van der Waals surface area contributed by atoms with Gasteiger partial charge in [0.25, 0.3) is 0 Å². The Kier molecular flexibility index (Phi) is 20.9. The predicted molar refractivity (Wildman–Crippen MR) is 311 cm³/mol. The van der Waals surface area contributed by atoms with Gasteiger partial charge in [-0.1, -0.05) is 45.9 Å². The first-order chi connectivity index (χ1) is 38.1. The summed E-state index contributed by atoms with van der Waals surface area (Å²) in [7, 11) is 0. The lowest BCUT2D eigenvalue weighted by molar-refractivity contribution is -0.148. The molecule has 0 spiro atoms. The van der Waals surface area contributed by atoms with Gasteiger partial charge < -0.3 is 41.9 Å². The first-order valence-electron chi connectivity index (χ1n) is 28.1. The number of halogens is 2. The third-order valence-electron chi connectivity index (χ3n) is 15.9. The highest BCUT2D eigenvalue weighted by Crippen LogP contribution is 2.39. The predicted octanol–water partition coefficient (Wildman–Crippen LogP) is 9.85. The quantitative estimate of drug-likeness (QED) is 0.0640. The molecule has 10 rings (SSSR count). The fourth-order valence-corrected chi connectivity index (χ4v) is 13.4. The van der Waals surface area contributed by atoms with Crippen molar-refractivity contribution in [1.82, 2.24) is 40.0 Å². The van der Waals surface area contributed by atoms with Crippen LogP contribution in [0, 0.1) is 11.8 Å². The number of benzene rings is 2. The number of aromatic nitrogens is 4. The number of carboxylic acid groups (broad SMARTS) is 1. The number of fused-ring (bicyclic) bond motifs is 2. The third-order valence-corrected chi connectivity index (χ3v) is 18.3. The topological polar surface area (TPSA) is 226 Å². The van der Waals surface area contributed by atoms with Crippen LogP contribution in [0.1, 0.15) is 141 Å². The molecular weight excluding hydrogens is 1040 g/mol. The molecule has 2 amide bonds. The third kappa shape index (κ3) is 15.4. The van der Waals surface area contributed by atoms with E-state index in [4.69, 9.17) is 26.5 Å². The summed E-state index contributed by atoms with van der Waals surface area (Å²) < 4.78 is 27.6. The van der Waals surface area contributed by atoms with Crippen molar-refractivity contribution in [1.29, 1.82) is 0 Å². The molecule has 0 aliphatic carbocycles. The van der Waals surface area contributed by atoms with Crippen molar-refractivity contribution >= 4 is 84.0 Å². The van der Waals surface area contributed by atoms with E-state index in [0.717, 1.165) is 115 Å². The molecule has 7 N–H and O–H groups in total. The number of nitrogens with one attached hydrogen (secondary N) is 2. The molecule has 4 atom stereocenters. The smallest absolute Gasteiger partial charge is 0.372 e. The van der Waals surface area contributed by atoms with Crippen molar-refractivity contribution < 1.29 is 33.1 Å². The largest absolute Gasteiger partial charge is 0.475 e. The maximum Gasteiger partial charge on any atom is 0.372 e. The number of aliphatic carboxylic acids is 1. The minimum absolute atomic E-state index is 0.143. The number of carboxylic acids is 1. The summed E-state index contributed by atoms with van der Waals surface area (Å²) in [5.74, 6) is -0.596. The Morgan fingerprint density at radius 1 is 0.709 bits per heavy atom. The number of thiazole rings is 2. The first kappa shape index (κ1) is 59.1. The number of hydrogen-bond donors (Lipinski definition) is 5. The van der Waals surface area contributed by atoms with E-state index in [2.05, 4.69) is 80.6 Å². The van der Waals surface area contributed by atoms with E-state index in [1.807, 2.05) is 25.2 Å². The summed E-state index contributed by atoms with van der Waals surface area (Å²) in [6, 6.07) is 16.9. The average Bonchev–Trinajstić information content (AvgIpc) is 4.21. The zero-order valence-corrected chi connectivity index (χ0v) is 47.7. The molecule has 8 heterocycles. The number of piperidine rings is 4. The maximum absolute atomic E-state index is 13.4. The van der Waals surface area contributed by atoms with Crippen molar-refractivity contribution in [3.63, 3.8) is 0 Å². The van der Waals surface area contributed by atoms with E-state index in [1.54, 1.807) is 28.4 Å². The molecule has 4 saturated heterocycles. The second-order valence-corrected chi connectivity index (χ2v) is 23.8. The second-order valence-electron chi connectivity index (χ2n) is 21.7. The summed E-state index contributed by atoms with van der Waals surface area (Å²) in [6.45, 7) is 14.3. The molecule has 4 aromatic heterocycles. The Morgan fingerprint density at radius 2 is 1.25 bits per heavy atom. The highest BCUT2D eigenvalue weighted by atomic mass is 32.1. The van der Waals surface area contributed by atoms with E-state index in [9.17, 15) is 28.0 Å². The molecule has 4 fully saturated rings. The van der Waals surface area contributed by atoms with Gasteiger partial charge in [-0.15, -0.1) is 22.7 Å². The Labute approximate surface area is 470 Å². The SMILES string of the molecule is CCc1cc(CC(=O)C(=O)O)cnc1N.CCc1cc(NC(=O)C(=O)N2C[C@@H](C)CC[C@@H]2c2ccc3sc(C4CCN(CCF)CC4)nc3c2)cnc1N.C[C@H]1CC[C@H](c2ccc3sc(C4CCN(CCF)CC4)nc3c2)NC1. The van der Waals surface area contributed by atoms with Crippen LogP contribution < -0.4 is 22.1 Å². The van der Waals surface area contributed by atoms with Gasteiger partial charge in [-0.3, -0.25) is 14.4 Å². The van der Waals surface area contributed by atoms with E-state index in [1.165, 1.54) is 40.5 Å². The van der Waals surface area contributed by atoms with Gasteiger partial charge in [-0.2, -0.15) is 0 Å². The van der Waals surface area contributed by atoms with Crippen LogP contribution >= 0.6 is 22.7 Å². The van der Waals surface area contributed by atoms with Gasteiger partial charge in [-0.25, -0.2) is 33.5 Å². The number of nitrogens with two attached hydrogens (primary N) is 2. The molecule has 20 heteroatoms. The van der Waals surface area contributed by atoms with E-state index in [-0.39, 0.29) is 25.8 Å². The van der Waals surface area contributed by atoms with Crippen LogP contribution in [0.5, 0.6) is 0 Å². The minimum atomic E-state index is -1.43. The van der Waals surface area contributed by atoms with Gasteiger partial charge in [0.15, 0.2) is 0 Å². The van der Waals surface area contributed by atoms with Crippen LogP contribution in [0.3, 0.4) is 0 Å². The Morgan fingerprint density at radius 3 is 1.80 bits per heavy atom. The summed E-state index contributed by atoms with van der Waals surface area (Å²) in [4.78, 5) is 71.9. The molecular formula is C59H77F2N11O5S2. The molecule has 0 radical (unpaired) electrons. The zero-order valence-electron chi connectivity index (χ0n) is 46.0. The number of likely N-dealkylation sites (tertiary alicyclic amines) is 3. The number of amides is 2. The summed E-state index contributed by atoms with van der Waals surface area (Å²) in [5.41, 5.74) is 18.6. The second kappa shape index (κ2) is 27.9. The lowest BCUT2D eigenvalue weighted by Crippen LogP contribution is -2.46. The van der Waals surface area contributed by atoms with E-state index in [0.29, 0.717) is 79.2 Å². The number of nitrogens with zero attached hydrogens (tertiary/aromatic N) is 7. The molecule has 4 aliphatic rings. The van der Waals surface area contributed by atoms with Crippen LogP contribution in [0.15, 0.2) is 60.9 Å². The number of carbonyl (C=O) groups excluding carboxylic acids is 3. The minimum Gasteiger partial charge on any atom is -0.475 e. The number of pyridine rings is 2. The number of carbonyl (C=O) groups is 4. The molecule has 0 bridgehead atoms. The van der Waals surface area contributed by atoms with Crippen LogP contribution in [0.4, 0.5) is 26.1 Å². The Bertz CT molecular complexity index is 3040. The molecule has 0 saturated carbocycles. The van der Waals surface area contributed by atoms with Gasteiger partial charge in [-0.05, 0) is 167 Å². The fourth-order valence-electron chi connectivity index (χ4n) is 11.1. The molecule has 4 aliphatic heterocycles. The van der Waals surface area contributed by atoms with Gasteiger partial charge in [0.2, 0.25) is 5.78 Å². The standard InChI is InChI=1S/C29H37FN6O2S.C20H28FN3S.C10H12N2O3/c1-3-19-14-22(16-32-26(19)31)33-27(37)29(38)36-17-18(2)4-6-24(36)21-5-7-25-23(15-21)34-28(39-25)20-8-11-35(12-9-20)13-10-30;1-14-2-4-17(22-13-14)16-3-5-19-18(12-16)23-20(25-19)15-6-9-24(10-7-15)11-8-21;1-2-7-3-6(5-12-9(7)11)4-8(13)10(14)15/h5,7,14-16,18,20,24H,3-4,6,8-13,17H2,1-2H3,(H2,31,32)(H,33,37);3,5,12,14-15,17,22H,2,4,6-11,13H2,1H3;3,5H,2,4H2,1H3,(H2,11,12)(H,14,15)/t18-,24+;14-,17+;/m00./s1. The fraction of sp³-hybridized carbons (Fsp3) is 0.525. The van der Waals surface area contributed by atoms with Crippen molar-refractivity contribution in [3.05, 3.63) is 98.8 Å². The lowest BCUT2D eigenvalue weighted by atomic mass is 9.89. The maximum atomic E-state index is 13.4. The number of Topliss-reactive ketones (excluding diaryl/α,β-unsaturated/α-hetero) is 1. The van der Waals surface area contributed by atoms with Crippen molar-refractivity contribution in [2.24, 2.45) is 11.8 Å². The van der Waals surface area contributed by atoms with Crippen LogP contribution in [0.2, 0.25) is 0 Å². The number of ketones is 1. The number of rotatable bonds is 14. The number of anilines is 3. The Balaban J connectivity index is 0.000000175. The van der Waals surface area contributed by atoms with E-state index >= 15 is 0 Å². The lowest BCUT2D eigenvalue weighted by Gasteiger charge is -2.38. The normalized spacial score (nSPS) is 20.5. The van der Waals surface area contributed by atoms with E-state index < -0.39 is 23.6 Å². The molecule has 0 unspecified atom stereocenters. The van der Waals surface area contributed by atoms with Crippen molar-refractivity contribution in [2.45, 2.75) is 122 Å². The van der Waals surface area contributed by atoms with Crippen LogP contribution in [0.25, 0.3) is 20.4 Å². The molecule has 16 nitrogen and oxygen atoms in total. The monoisotopic (exact) mass is 1120 g/mol. The molecule has 79 heavy (non-hydrogen) atoms. The van der Waals surface area contributed by atoms with Gasteiger partial charge in [0.1, 0.15) is 25.0 Å². The van der Waals surface area contributed by atoms with Gasteiger partial charge >= 0.3 is 17.8 Å². The average molecular weight is 1120 g/mol. The summed E-state index contributed by atoms with van der Waals surface area (Å²) in [5, 5.41) is 17.2. The van der Waals surface area contributed by atoms with Gasteiger partial charge in [0, 0.05) is 50.1 Å². The highest BCUT2D eigenvalue weighted by molar-refractivity contribution is 7.19. The van der Waals surface area contributed by atoms with Gasteiger partial charge in [0.05, 0.1) is 48.4 Å². The van der Waals surface area contributed by atoms with Crippen LogP contribution in [-0.2, 0) is 38.4 Å². The number of alkyl halides is 2. The van der Waals surface area contributed by atoms with Crippen molar-refractivity contribution in [3.8, 4) is 0 Å². The molecule has 6 aromatic rings.